The molecule has 0 amide bonds. The summed E-state index contributed by atoms with van der Waals surface area (Å²) in [6.45, 7) is 1.56. The maximum absolute atomic E-state index is 11.6. The SMILES string of the molecule is CC(=O)O[C@@]12[C@H]3[C@@H]4C[C@H]5[C@H]([C@H]4[C@H]1Br)[C@H]2C(Br)(Br)[C@H]53. The fourth-order valence-electron chi connectivity index (χ4n) is 6.89. The van der Waals surface area contributed by atoms with Crippen LogP contribution in [0.15, 0.2) is 0 Å². The van der Waals surface area contributed by atoms with Gasteiger partial charge in [-0.05, 0) is 36.0 Å². The first-order chi connectivity index (χ1) is 8.42. The zero-order chi connectivity index (χ0) is 12.6. The van der Waals surface area contributed by atoms with Crippen molar-refractivity contribution in [2.75, 3.05) is 0 Å². The van der Waals surface area contributed by atoms with Crippen LogP contribution in [0.25, 0.3) is 0 Å². The molecule has 6 rings (SSSR count). The average molecular weight is 441 g/mol. The number of carbonyl (C=O) groups excluding carboxylic acids is 1. The van der Waals surface area contributed by atoms with Gasteiger partial charge in [0.2, 0.25) is 0 Å². The molecule has 9 atom stereocenters. The fraction of sp³-hybridized carbons (Fsp3) is 0.923. The van der Waals surface area contributed by atoms with Crippen LogP contribution >= 0.6 is 47.8 Å². The van der Waals surface area contributed by atoms with E-state index < -0.39 is 0 Å². The highest BCUT2D eigenvalue weighted by Gasteiger charge is 2.93. The lowest BCUT2D eigenvalue weighted by molar-refractivity contribution is -0.167. The first-order valence-corrected chi connectivity index (χ1v) is 9.14. The summed E-state index contributed by atoms with van der Waals surface area (Å²) in [6, 6.07) is 0. The standard InChI is InChI=1S/C13H13Br3O2/c1-3(17)18-12-8-5-2-4-6(7(5)11(12)14)10(12)13(15,16)9(4)8/h4-11H,2H2,1H3/t4-,5+,6+,7-,8-,9+,10+,11+,12+/m0/s1. The minimum absolute atomic E-state index is 0.00146. The quantitative estimate of drug-likeness (QED) is 0.462. The van der Waals surface area contributed by atoms with Gasteiger partial charge in [-0.25, -0.2) is 0 Å². The van der Waals surface area contributed by atoms with Crippen molar-refractivity contribution >= 4 is 53.8 Å². The van der Waals surface area contributed by atoms with Crippen molar-refractivity contribution in [3.63, 3.8) is 0 Å². The molecular weight excluding hydrogens is 428 g/mol. The van der Waals surface area contributed by atoms with E-state index in [0.717, 1.165) is 23.7 Å². The highest BCUT2D eigenvalue weighted by Crippen LogP contribution is 2.90. The average Bonchev–Trinajstić information content (AvgIpc) is 2.93. The van der Waals surface area contributed by atoms with Crippen LogP contribution in [0.2, 0.25) is 0 Å². The summed E-state index contributed by atoms with van der Waals surface area (Å²) in [6.07, 6.45) is 1.35. The zero-order valence-corrected chi connectivity index (χ0v) is 14.5. The topological polar surface area (TPSA) is 26.3 Å². The molecule has 2 nitrogen and oxygen atoms in total. The van der Waals surface area contributed by atoms with E-state index >= 15 is 0 Å². The van der Waals surface area contributed by atoms with E-state index in [0.29, 0.717) is 22.6 Å². The molecule has 0 heterocycles. The second-order valence-corrected chi connectivity index (χ2v) is 11.4. The Morgan fingerprint density at radius 3 is 2.56 bits per heavy atom. The lowest BCUT2D eigenvalue weighted by Gasteiger charge is -2.41. The lowest BCUT2D eigenvalue weighted by Crippen LogP contribution is -2.49. The lowest BCUT2D eigenvalue weighted by atomic mass is 9.69. The van der Waals surface area contributed by atoms with Crippen LogP contribution in [0.3, 0.4) is 0 Å². The second-order valence-electron chi connectivity index (χ2n) is 6.77. The molecule has 0 aliphatic heterocycles. The van der Waals surface area contributed by atoms with Gasteiger partial charge in [-0.1, -0.05) is 47.8 Å². The summed E-state index contributed by atoms with van der Waals surface area (Å²) >= 11 is 11.8. The molecule has 5 heteroatoms. The maximum atomic E-state index is 11.6. The van der Waals surface area contributed by atoms with Gasteiger partial charge in [-0.3, -0.25) is 4.79 Å². The molecule has 0 saturated heterocycles. The molecule has 0 aromatic carbocycles. The molecule has 18 heavy (non-hydrogen) atoms. The summed E-state index contributed by atoms with van der Waals surface area (Å²) in [5, 5.41) is 0. The summed E-state index contributed by atoms with van der Waals surface area (Å²) < 4.78 is 5.98. The Hall–Kier alpha value is 0.910. The van der Waals surface area contributed by atoms with Gasteiger partial charge in [0.15, 0.2) is 0 Å². The number of carbonyl (C=O) groups is 1. The molecular formula is C13H13Br3O2. The normalized spacial score (nSPS) is 67.6. The number of esters is 1. The van der Waals surface area contributed by atoms with Crippen molar-refractivity contribution in [2.24, 2.45) is 41.4 Å². The van der Waals surface area contributed by atoms with Crippen LogP contribution in [0.5, 0.6) is 0 Å². The Morgan fingerprint density at radius 1 is 1.22 bits per heavy atom. The zero-order valence-electron chi connectivity index (χ0n) is 9.78. The van der Waals surface area contributed by atoms with Gasteiger partial charge in [0, 0.05) is 18.8 Å². The van der Waals surface area contributed by atoms with Gasteiger partial charge in [0.05, 0.1) is 8.06 Å². The first-order valence-electron chi connectivity index (χ1n) is 6.64. The van der Waals surface area contributed by atoms with E-state index in [1.54, 1.807) is 6.92 Å². The van der Waals surface area contributed by atoms with E-state index in [1.807, 2.05) is 0 Å². The minimum atomic E-state index is -0.240. The number of hydrogen-bond donors (Lipinski definition) is 0. The van der Waals surface area contributed by atoms with Crippen molar-refractivity contribution in [3.05, 3.63) is 0 Å². The second kappa shape index (κ2) is 2.92. The molecule has 6 fully saturated rings. The van der Waals surface area contributed by atoms with E-state index in [4.69, 9.17) is 4.74 Å². The minimum Gasteiger partial charge on any atom is -0.457 e. The van der Waals surface area contributed by atoms with Crippen LogP contribution in [-0.2, 0) is 9.53 Å². The Kier molecular flexibility index (Phi) is 1.87. The van der Waals surface area contributed by atoms with Crippen molar-refractivity contribution < 1.29 is 9.53 Å². The molecule has 6 aliphatic rings. The number of alkyl halides is 3. The fourth-order valence-corrected chi connectivity index (χ4v) is 10.9. The number of rotatable bonds is 1. The van der Waals surface area contributed by atoms with Gasteiger partial charge in [-0.15, -0.1) is 0 Å². The summed E-state index contributed by atoms with van der Waals surface area (Å²) in [5.41, 5.74) is -0.240. The number of hydrogen-bond acceptors (Lipinski definition) is 2. The van der Waals surface area contributed by atoms with Gasteiger partial charge in [-0.2, -0.15) is 0 Å². The highest BCUT2D eigenvalue weighted by atomic mass is 79.9. The van der Waals surface area contributed by atoms with Gasteiger partial charge in [0.25, 0.3) is 0 Å². The Bertz CT molecular complexity index is 493. The molecule has 6 saturated carbocycles. The molecule has 0 aromatic rings. The van der Waals surface area contributed by atoms with Crippen LogP contribution in [0.1, 0.15) is 13.3 Å². The van der Waals surface area contributed by atoms with E-state index in [2.05, 4.69) is 47.8 Å². The Morgan fingerprint density at radius 2 is 1.89 bits per heavy atom. The van der Waals surface area contributed by atoms with Crippen molar-refractivity contribution in [1.82, 2.24) is 0 Å². The van der Waals surface area contributed by atoms with Gasteiger partial charge < -0.3 is 4.74 Å². The third-order valence-electron chi connectivity index (χ3n) is 6.63. The molecule has 6 aliphatic carbocycles. The maximum Gasteiger partial charge on any atom is 0.303 e. The van der Waals surface area contributed by atoms with Crippen LogP contribution < -0.4 is 0 Å². The van der Waals surface area contributed by atoms with E-state index in [9.17, 15) is 4.79 Å². The summed E-state index contributed by atoms with van der Waals surface area (Å²) in [5.74, 6) is 4.64. The molecule has 0 aromatic heterocycles. The number of ether oxygens (including phenoxy) is 1. The van der Waals surface area contributed by atoms with E-state index in [-0.39, 0.29) is 14.8 Å². The monoisotopic (exact) mass is 438 g/mol. The van der Waals surface area contributed by atoms with E-state index in [1.165, 1.54) is 6.42 Å². The summed E-state index contributed by atoms with van der Waals surface area (Å²) in [4.78, 5) is 12.0. The van der Waals surface area contributed by atoms with Crippen molar-refractivity contribution in [1.29, 1.82) is 0 Å². The Labute approximate surface area is 131 Å². The van der Waals surface area contributed by atoms with Crippen molar-refractivity contribution in [2.45, 2.75) is 27.0 Å². The van der Waals surface area contributed by atoms with Crippen LogP contribution in [0, 0.1) is 41.4 Å². The van der Waals surface area contributed by atoms with Crippen LogP contribution in [0.4, 0.5) is 0 Å². The third kappa shape index (κ3) is 0.828. The molecule has 0 N–H and O–H groups in total. The smallest absolute Gasteiger partial charge is 0.303 e. The largest absolute Gasteiger partial charge is 0.457 e. The third-order valence-corrected chi connectivity index (χ3v) is 10.00. The first kappa shape index (κ1) is 11.6. The van der Waals surface area contributed by atoms with Gasteiger partial charge >= 0.3 is 5.97 Å². The molecule has 0 spiro atoms. The summed E-state index contributed by atoms with van der Waals surface area (Å²) in [7, 11) is 0. The predicted octanol–water partition coefficient (Wildman–Crippen LogP) is 3.31. The highest BCUT2D eigenvalue weighted by molar-refractivity contribution is 9.25. The predicted molar refractivity (Wildman–Crippen MR) is 76.8 cm³/mol. The van der Waals surface area contributed by atoms with Crippen LogP contribution in [-0.4, -0.2) is 19.6 Å². The molecule has 0 radical (unpaired) electrons. The van der Waals surface area contributed by atoms with Gasteiger partial charge in [0.1, 0.15) is 5.60 Å². The Balaban J connectivity index is 1.76. The molecule has 6 bridgehead atoms. The number of halogens is 3. The van der Waals surface area contributed by atoms with Crippen molar-refractivity contribution in [3.8, 4) is 0 Å². The molecule has 0 unspecified atom stereocenters. The molecule has 98 valence electrons.